The number of terminal acetylenes is 1. The Bertz CT molecular complexity index is 548. The molecule has 0 radical (unpaired) electrons. The highest BCUT2D eigenvalue weighted by atomic mass is 16.4. The Balaban J connectivity index is 2.60. The van der Waals surface area contributed by atoms with Crippen LogP contribution in [0.5, 0.6) is 0 Å². The van der Waals surface area contributed by atoms with Gasteiger partial charge in [0.15, 0.2) is 0 Å². The molecular weight excluding hydrogens is 256 g/mol. The van der Waals surface area contributed by atoms with Crippen LogP contribution in [0.15, 0.2) is 24.3 Å². The monoisotopic (exact) mass is 274 g/mol. The van der Waals surface area contributed by atoms with Crippen LogP contribution in [0, 0.1) is 17.8 Å². The van der Waals surface area contributed by atoms with Crippen molar-refractivity contribution in [2.24, 2.45) is 5.41 Å². The molecule has 1 unspecified atom stereocenters. The van der Waals surface area contributed by atoms with E-state index in [0.29, 0.717) is 17.7 Å². The minimum Gasteiger partial charge on any atom is -0.481 e. The van der Waals surface area contributed by atoms with Crippen molar-refractivity contribution in [2.45, 2.75) is 20.3 Å². The fourth-order valence-corrected chi connectivity index (χ4v) is 1.49. The van der Waals surface area contributed by atoms with Crippen molar-refractivity contribution >= 4 is 17.7 Å². The number of carboxylic acid groups (broad SMARTS) is 1. The standard InChI is InChI=1S/C15H18N2O3/c1-4-11-7-6-8-12(9-11)17-14(20)16-10-15(3,5-2)13(18)19/h1,6-9H,5,10H2,2-3H3,(H,18,19)(H2,16,17,20). The number of nitrogens with one attached hydrogen (secondary N) is 2. The van der Waals surface area contributed by atoms with Gasteiger partial charge >= 0.3 is 12.0 Å². The molecule has 0 aromatic heterocycles. The normalized spacial score (nSPS) is 12.8. The number of aliphatic carboxylic acids is 1. The van der Waals surface area contributed by atoms with E-state index >= 15 is 0 Å². The third kappa shape index (κ3) is 4.02. The molecule has 106 valence electrons. The van der Waals surface area contributed by atoms with Crippen LogP contribution in [-0.4, -0.2) is 23.7 Å². The van der Waals surface area contributed by atoms with Crippen LogP contribution >= 0.6 is 0 Å². The van der Waals surface area contributed by atoms with Gasteiger partial charge in [-0.2, -0.15) is 0 Å². The van der Waals surface area contributed by atoms with Crippen molar-refractivity contribution in [3.63, 3.8) is 0 Å². The predicted octanol–water partition coefficient (Wildman–Crippen LogP) is 2.29. The van der Waals surface area contributed by atoms with E-state index in [1.165, 1.54) is 0 Å². The van der Waals surface area contributed by atoms with Gasteiger partial charge in [-0.05, 0) is 31.5 Å². The summed E-state index contributed by atoms with van der Waals surface area (Å²) in [6, 6.07) is 6.40. The summed E-state index contributed by atoms with van der Waals surface area (Å²) < 4.78 is 0. The van der Waals surface area contributed by atoms with Crippen LogP contribution in [0.1, 0.15) is 25.8 Å². The van der Waals surface area contributed by atoms with Crippen molar-refractivity contribution in [1.29, 1.82) is 0 Å². The molecular formula is C15H18N2O3. The quantitative estimate of drug-likeness (QED) is 0.721. The van der Waals surface area contributed by atoms with E-state index in [1.54, 1.807) is 38.1 Å². The third-order valence-electron chi connectivity index (χ3n) is 3.22. The molecule has 3 N–H and O–H groups in total. The van der Waals surface area contributed by atoms with Crippen LogP contribution < -0.4 is 10.6 Å². The van der Waals surface area contributed by atoms with Crippen LogP contribution in [-0.2, 0) is 4.79 Å². The maximum atomic E-state index is 11.7. The smallest absolute Gasteiger partial charge is 0.319 e. The van der Waals surface area contributed by atoms with E-state index < -0.39 is 17.4 Å². The predicted molar refractivity (Wildman–Crippen MR) is 77.4 cm³/mol. The van der Waals surface area contributed by atoms with E-state index in [1.807, 2.05) is 0 Å². The Labute approximate surface area is 118 Å². The molecule has 0 saturated heterocycles. The SMILES string of the molecule is C#Cc1cccc(NC(=O)NCC(C)(CC)C(=O)O)c1. The molecule has 0 bridgehead atoms. The summed E-state index contributed by atoms with van der Waals surface area (Å²) >= 11 is 0. The highest BCUT2D eigenvalue weighted by molar-refractivity contribution is 5.89. The number of rotatable bonds is 5. The van der Waals surface area contributed by atoms with E-state index in [4.69, 9.17) is 11.5 Å². The highest BCUT2D eigenvalue weighted by Gasteiger charge is 2.31. The molecule has 1 rings (SSSR count). The second kappa shape index (κ2) is 6.62. The third-order valence-corrected chi connectivity index (χ3v) is 3.22. The first kappa shape index (κ1) is 15.6. The van der Waals surface area contributed by atoms with E-state index in [0.717, 1.165) is 0 Å². The van der Waals surface area contributed by atoms with Crippen molar-refractivity contribution < 1.29 is 14.7 Å². The minimum absolute atomic E-state index is 0.0551. The number of carbonyl (C=O) groups excluding carboxylic acids is 1. The summed E-state index contributed by atoms with van der Waals surface area (Å²) in [7, 11) is 0. The summed E-state index contributed by atoms with van der Waals surface area (Å²) in [5.74, 6) is 1.54. The van der Waals surface area contributed by atoms with Crippen molar-refractivity contribution in [3.05, 3.63) is 29.8 Å². The van der Waals surface area contributed by atoms with Gasteiger partial charge in [-0.3, -0.25) is 4.79 Å². The molecule has 5 nitrogen and oxygen atoms in total. The van der Waals surface area contributed by atoms with Crippen LogP contribution in [0.4, 0.5) is 10.5 Å². The number of hydrogen-bond acceptors (Lipinski definition) is 2. The molecule has 0 aliphatic heterocycles. The highest BCUT2D eigenvalue weighted by Crippen LogP contribution is 2.20. The van der Waals surface area contributed by atoms with Crippen molar-refractivity contribution in [3.8, 4) is 12.3 Å². The largest absolute Gasteiger partial charge is 0.481 e. The molecule has 1 aromatic rings. The average molecular weight is 274 g/mol. The zero-order valence-corrected chi connectivity index (χ0v) is 11.6. The van der Waals surface area contributed by atoms with Crippen LogP contribution in [0.25, 0.3) is 0 Å². The summed E-state index contributed by atoms with van der Waals surface area (Å²) in [6.07, 6.45) is 5.70. The lowest BCUT2D eigenvalue weighted by Gasteiger charge is -2.23. The number of urea groups is 1. The Morgan fingerprint density at radius 1 is 1.45 bits per heavy atom. The van der Waals surface area contributed by atoms with Gasteiger partial charge in [0.05, 0.1) is 5.41 Å². The fraction of sp³-hybridized carbons (Fsp3) is 0.333. The summed E-state index contributed by atoms with van der Waals surface area (Å²) in [5.41, 5.74) is 0.246. The maximum absolute atomic E-state index is 11.7. The van der Waals surface area contributed by atoms with E-state index in [-0.39, 0.29) is 6.54 Å². The van der Waals surface area contributed by atoms with Gasteiger partial charge in [0, 0.05) is 17.8 Å². The molecule has 1 aromatic carbocycles. The van der Waals surface area contributed by atoms with Crippen molar-refractivity contribution in [2.75, 3.05) is 11.9 Å². The Morgan fingerprint density at radius 2 is 2.15 bits per heavy atom. The number of amides is 2. The fourth-order valence-electron chi connectivity index (χ4n) is 1.49. The lowest BCUT2D eigenvalue weighted by Crippen LogP contribution is -2.42. The summed E-state index contributed by atoms with van der Waals surface area (Å²) in [6.45, 7) is 3.41. The second-order valence-electron chi connectivity index (χ2n) is 4.75. The number of anilines is 1. The average Bonchev–Trinajstić information content (AvgIpc) is 2.44. The Hall–Kier alpha value is -2.48. The van der Waals surface area contributed by atoms with Gasteiger partial charge in [0.2, 0.25) is 0 Å². The lowest BCUT2D eigenvalue weighted by molar-refractivity contribution is -0.147. The lowest BCUT2D eigenvalue weighted by atomic mass is 9.88. The number of hydrogen-bond donors (Lipinski definition) is 3. The number of carbonyl (C=O) groups is 2. The van der Waals surface area contributed by atoms with Gasteiger partial charge in [-0.1, -0.05) is 18.9 Å². The van der Waals surface area contributed by atoms with E-state index in [2.05, 4.69) is 16.6 Å². The minimum atomic E-state index is -0.974. The van der Waals surface area contributed by atoms with Crippen molar-refractivity contribution in [1.82, 2.24) is 5.32 Å². The van der Waals surface area contributed by atoms with Gasteiger partial charge < -0.3 is 15.7 Å². The summed E-state index contributed by atoms with van der Waals surface area (Å²) in [5, 5.41) is 14.3. The van der Waals surface area contributed by atoms with Gasteiger partial charge in [0.1, 0.15) is 0 Å². The molecule has 5 heteroatoms. The van der Waals surface area contributed by atoms with Gasteiger partial charge in [0.25, 0.3) is 0 Å². The zero-order chi connectivity index (χ0) is 15.2. The Morgan fingerprint density at radius 3 is 2.70 bits per heavy atom. The molecule has 20 heavy (non-hydrogen) atoms. The maximum Gasteiger partial charge on any atom is 0.319 e. The van der Waals surface area contributed by atoms with Crippen LogP contribution in [0.2, 0.25) is 0 Å². The molecule has 0 heterocycles. The summed E-state index contributed by atoms with van der Waals surface area (Å²) in [4.78, 5) is 22.8. The number of benzene rings is 1. The first-order valence-corrected chi connectivity index (χ1v) is 6.26. The molecule has 0 fully saturated rings. The van der Waals surface area contributed by atoms with Gasteiger partial charge in [-0.25, -0.2) is 4.79 Å². The molecule has 1 atom stereocenters. The second-order valence-corrected chi connectivity index (χ2v) is 4.75. The molecule has 2 amide bonds. The molecule has 0 aliphatic carbocycles. The van der Waals surface area contributed by atoms with Crippen LogP contribution in [0.3, 0.4) is 0 Å². The first-order chi connectivity index (χ1) is 9.41. The van der Waals surface area contributed by atoms with Gasteiger partial charge in [-0.15, -0.1) is 6.42 Å². The van der Waals surface area contributed by atoms with E-state index in [9.17, 15) is 9.59 Å². The zero-order valence-electron chi connectivity index (χ0n) is 11.6. The topological polar surface area (TPSA) is 78.4 Å². The Kier molecular flexibility index (Phi) is 5.15. The first-order valence-electron chi connectivity index (χ1n) is 6.26. The number of carboxylic acids is 1. The molecule has 0 spiro atoms. The molecule has 0 aliphatic rings. The molecule has 0 saturated carbocycles.